The second kappa shape index (κ2) is 4.55. The van der Waals surface area contributed by atoms with Gasteiger partial charge in [-0.3, -0.25) is 0 Å². The molecule has 2 aromatic rings. The molecular weight excluding hydrogens is 300 g/mol. The maximum atomic E-state index is 9.56. The van der Waals surface area contributed by atoms with E-state index in [0.717, 1.165) is 38.8 Å². The quantitative estimate of drug-likeness (QED) is 0.924. The van der Waals surface area contributed by atoms with Crippen LogP contribution >= 0.6 is 27.3 Å². The number of thiophene rings is 1. The fourth-order valence-corrected chi connectivity index (χ4v) is 3.74. The van der Waals surface area contributed by atoms with Crippen LogP contribution in [0.4, 0.5) is 0 Å². The van der Waals surface area contributed by atoms with Crippen LogP contribution in [0.25, 0.3) is 10.6 Å². The van der Waals surface area contributed by atoms with Crippen LogP contribution < -0.4 is 0 Å². The summed E-state index contributed by atoms with van der Waals surface area (Å²) in [6.45, 7) is 1.06. The molecule has 1 aliphatic rings. The third-order valence-electron chi connectivity index (χ3n) is 3.14. The summed E-state index contributed by atoms with van der Waals surface area (Å²) in [4.78, 5) is 5.83. The Kier molecular flexibility index (Phi) is 3.06. The molecule has 3 heterocycles. The topological polar surface area (TPSA) is 38.1 Å². The third-order valence-corrected chi connectivity index (χ3v) is 4.77. The molecule has 3 nitrogen and oxygen atoms in total. The van der Waals surface area contributed by atoms with Gasteiger partial charge in [0.2, 0.25) is 0 Å². The van der Waals surface area contributed by atoms with Gasteiger partial charge in [-0.05, 0) is 40.9 Å². The van der Waals surface area contributed by atoms with E-state index in [-0.39, 0.29) is 6.61 Å². The zero-order valence-corrected chi connectivity index (χ0v) is 11.7. The number of halogens is 1. The number of fused-ring (bicyclic) bond motifs is 1. The van der Waals surface area contributed by atoms with Crippen molar-refractivity contribution in [1.29, 1.82) is 0 Å². The molecule has 0 amide bonds. The van der Waals surface area contributed by atoms with Gasteiger partial charge in [0.05, 0.1) is 21.0 Å². The van der Waals surface area contributed by atoms with E-state index in [0.29, 0.717) is 0 Å². The van der Waals surface area contributed by atoms with E-state index >= 15 is 0 Å². The molecular formula is C12H13BrN2OS. The summed E-state index contributed by atoms with van der Waals surface area (Å²) >= 11 is 5.13. The lowest BCUT2D eigenvalue weighted by Gasteiger charge is -2.15. The lowest BCUT2D eigenvalue weighted by Crippen LogP contribution is -2.12. The normalized spacial score (nSPS) is 14.9. The molecule has 0 fully saturated rings. The van der Waals surface area contributed by atoms with Crippen molar-refractivity contribution >= 4 is 27.3 Å². The minimum absolute atomic E-state index is 0.0673. The Balaban J connectivity index is 2.13. The maximum absolute atomic E-state index is 9.56. The molecule has 0 bridgehead atoms. The number of imidazole rings is 1. The Labute approximate surface area is 112 Å². The van der Waals surface area contributed by atoms with Crippen LogP contribution in [0.2, 0.25) is 0 Å². The molecule has 0 spiro atoms. The zero-order valence-electron chi connectivity index (χ0n) is 9.32. The van der Waals surface area contributed by atoms with Crippen LogP contribution in [0.1, 0.15) is 24.4 Å². The smallest absolute Gasteiger partial charge is 0.109 e. The van der Waals surface area contributed by atoms with Crippen molar-refractivity contribution in [3.05, 3.63) is 27.4 Å². The summed E-state index contributed by atoms with van der Waals surface area (Å²) in [6.07, 6.45) is 3.42. The Bertz CT molecular complexity index is 547. The Hall–Kier alpha value is -0.650. The standard InChI is InChI=1S/C12H13BrN2OS/c13-10-5-4-9(17-10)12-8(7-16)15-6-2-1-3-11(15)14-12/h4-5,16H,1-3,6-7H2. The Morgan fingerprint density at radius 1 is 1.41 bits per heavy atom. The molecule has 0 radical (unpaired) electrons. The van der Waals surface area contributed by atoms with Crippen molar-refractivity contribution < 1.29 is 5.11 Å². The van der Waals surface area contributed by atoms with Crippen LogP contribution in [0.3, 0.4) is 0 Å². The van der Waals surface area contributed by atoms with E-state index in [2.05, 4.69) is 26.6 Å². The number of rotatable bonds is 2. The maximum Gasteiger partial charge on any atom is 0.109 e. The molecule has 3 rings (SSSR count). The van der Waals surface area contributed by atoms with Gasteiger partial charge in [-0.1, -0.05) is 0 Å². The molecule has 90 valence electrons. The average Bonchev–Trinajstić information content (AvgIpc) is 2.91. The fraction of sp³-hybridized carbons (Fsp3) is 0.417. The first kappa shape index (κ1) is 11.4. The number of hydrogen-bond acceptors (Lipinski definition) is 3. The zero-order chi connectivity index (χ0) is 11.8. The van der Waals surface area contributed by atoms with Crippen molar-refractivity contribution in [1.82, 2.24) is 9.55 Å². The molecule has 0 aromatic carbocycles. The predicted octanol–water partition coefficient (Wildman–Crippen LogP) is 3.20. The lowest BCUT2D eigenvalue weighted by atomic mass is 10.1. The van der Waals surface area contributed by atoms with Gasteiger partial charge in [0.25, 0.3) is 0 Å². The Morgan fingerprint density at radius 3 is 3.00 bits per heavy atom. The summed E-state index contributed by atoms with van der Waals surface area (Å²) in [5.41, 5.74) is 1.93. The molecule has 0 saturated heterocycles. The van der Waals surface area contributed by atoms with Crippen LogP contribution in [-0.4, -0.2) is 14.7 Å². The van der Waals surface area contributed by atoms with Gasteiger partial charge >= 0.3 is 0 Å². The first-order valence-electron chi connectivity index (χ1n) is 5.74. The van der Waals surface area contributed by atoms with Gasteiger partial charge in [-0.25, -0.2) is 4.98 Å². The molecule has 0 atom stereocenters. The highest BCUT2D eigenvalue weighted by Crippen LogP contribution is 2.34. The number of hydrogen-bond donors (Lipinski definition) is 1. The van der Waals surface area contributed by atoms with E-state index in [1.165, 1.54) is 12.8 Å². The highest BCUT2D eigenvalue weighted by Gasteiger charge is 2.20. The first-order valence-corrected chi connectivity index (χ1v) is 7.35. The summed E-state index contributed by atoms with van der Waals surface area (Å²) in [5.74, 6) is 1.12. The molecule has 17 heavy (non-hydrogen) atoms. The fourth-order valence-electron chi connectivity index (χ4n) is 2.34. The van der Waals surface area contributed by atoms with E-state index < -0.39 is 0 Å². The van der Waals surface area contributed by atoms with Crippen LogP contribution in [0.15, 0.2) is 15.9 Å². The highest BCUT2D eigenvalue weighted by molar-refractivity contribution is 9.11. The largest absolute Gasteiger partial charge is 0.390 e. The van der Waals surface area contributed by atoms with Crippen LogP contribution in [0.5, 0.6) is 0 Å². The first-order chi connectivity index (χ1) is 8.29. The molecule has 2 aromatic heterocycles. The second-order valence-electron chi connectivity index (χ2n) is 4.19. The highest BCUT2D eigenvalue weighted by atomic mass is 79.9. The van der Waals surface area contributed by atoms with Gasteiger partial charge in [0, 0.05) is 13.0 Å². The lowest BCUT2D eigenvalue weighted by molar-refractivity contribution is 0.268. The van der Waals surface area contributed by atoms with Gasteiger partial charge in [-0.15, -0.1) is 11.3 Å². The SMILES string of the molecule is OCc1c(-c2ccc(Br)s2)nc2n1CCCC2. The van der Waals surface area contributed by atoms with Gasteiger partial charge in [0.1, 0.15) is 11.5 Å². The van der Waals surface area contributed by atoms with Crippen LogP contribution in [0, 0.1) is 0 Å². The van der Waals surface area contributed by atoms with E-state index in [1.54, 1.807) is 11.3 Å². The van der Waals surface area contributed by atoms with Crippen molar-refractivity contribution in [2.45, 2.75) is 32.4 Å². The summed E-state index contributed by atoms with van der Waals surface area (Å²) in [6, 6.07) is 4.09. The number of aliphatic hydroxyl groups is 1. The molecule has 0 saturated carbocycles. The minimum atomic E-state index is 0.0673. The Morgan fingerprint density at radius 2 is 2.29 bits per heavy atom. The molecule has 1 N–H and O–H groups in total. The van der Waals surface area contributed by atoms with Gasteiger partial charge < -0.3 is 9.67 Å². The molecule has 1 aliphatic heterocycles. The van der Waals surface area contributed by atoms with Gasteiger partial charge in [0.15, 0.2) is 0 Å². The van der Waals surface area contributed by atoms with E-state index in [4.69, 9.17) is 4.98 Å². The summed E-state index contributed by atoms with van der Waals surface area (Å²) < 4.78 is 3.29. The average molecular weight is 313 g/mol. The molecule has 0 aliphatic carbocycles. The second-order valence-corrected chi connectivity index (χ2v) is 6.66. The van der Waals surface area contributed by atoms with Gasteiger partial charge in [-0.2, -0.15) is 0 Å². The number of aliphatic hydroxyl groups excluding tert-OH is 1. The molecule has 0 unspecified atom stereocenters. The molecule has 5 heteroatoms. The van der Waals surface area contributed by atoms with E-state index in [1.807, 2.05) is 6.07 Å². The summed E-state index contributed by atoms with van der Waals surface area (Å²) in [5, 5.41) is 9.56. The summed E-state index contributed by atoms with van der Waals surface area (Å²) in [7, 11) is 0. The number of aryl methyl sites for hydroxylation is 1. The predicted molar refractivity (Wildman–Crippen MR) is 72.1 cm³/mol. The van der Waals surface area contributed by atoms with Crippen molar-refractivity contribution in [2.24, 2.45) is 0 Å². The van der Waals surface area contributed by atoms with Crippen molar-refractivity contribution in [3.8, 4) is 10.6 Å². The number of nitrogens with zero attached hydrogens (tertiary/aromatic N) is 2. The number of aromatic nitrogens is 2. The van der Waals surface area contributed by atoms with E-state index in [9.17, 15) is 5.11 Å². The van der Waals surface area contributed by atoms with Crippen molar-refractivity contribution in [2.75, 3.05) is 0 Å². The third kappa shape index (κ3) is 1.96. The minimum Gasteiger partial charge on any atom is -0.390 e. The van der Waals surface area contributed by atoms with Crippen molar-refractivity contribution in [3.63, 3.8) is 0 Å². The van der Waals surface area contributed by atoms with Crippen LogP contribution in [-0.2, 0) is 19.6 Å². The monoisotopic (exact) mass is 312 g/mol.